The van der Waals surface area contributed by atoms with Gasteiger partial charge in [0, 0.05) is 6.42 Å². The predicted octanol–water partition coefficient (Wildman–Crippen LogP) is 2.13. The van der Waals surface area contributed by atoms with Crippen LogP contribution in [-0.4, -0.2) is 24.2 Å². The third-order valence-corrected chi connectivity index (χ3v) is 2.62. The number of rotatable bonds is 7. The highest BCUT2D eigenvalue weighted by atomic mass is 19.1. The summed E-state index contributed by atoms with van der Waals surface area (Å²) >= 11 is 0. The zero-order valence-electron chi connectivity index (χ0n) is 10.0. The summed E-state index contributed by atoms with van der Waals surface area (Å²) in [5.74, 6) is -0.971. The summed E-state index contributed by atoms with van der Waals surface area (Å²) < 4.78 is 12.8. The number of nitrogens with one attached hydrogen (secondary N) is 1. The molecule has 17 heavy (non-hydrogen) atoms. The van der Waals surface area contributed by atoms with E-state index in [1.54, 1.807) is 6.07 Å². The average Bonchev–Trinajstić information content (AvgIpc) is 2.25. The van der Waals surface area contributed by atoms with Crippen molar-refractivity contribution < 1.29 is 14.3 Å². The Labute approximate surface area is 101 Å². The number of carboxylic acids is 1. The van der Waals surface area contributed by atoms with Crippen molar-refractivity contribution in [3.05, 3.63) is 35.1 Å². The molecule has 4 heteroatoms. The van der Waals surface area contributed by atoms with Gasteiger partial charge >= 0.3 is 5.97 Å². The fraction of sp³-hybridized carbons (Fsp3) is 0.462. The molecule has 0 saturated heterocycles. The normalized spacial score (nSPS) is 10.5. The van der Waals surface area contributed by atoms with Gasteiger partial charge in [0.05, 0.1) is 0 Å². The molecular formula is C13H18FNO2. The molecule has 0 amide bonds. The number of carboxylic acid groups (broad SMARTS) is 1. The third-order valence-electron chi connectivity index (χ3n) is 2.62. The van der Waals surface area contributed by atoms with E-state index >= 15 is 0 Å². The molecule has 1 rings (SSSR count). The Balaban J connectivity index is 2.20. The summed E-state index contributed by atoms with van der Waals surface area (Å²) in [7, 11) is 0. The maximum atomic E-state index is 12.8. The van der Waals surface area contributed by atoms with Crippen molar-refractivity contribution in [1.82, 2.24) is 5.32 Å². The molecule has 1 aromatic rings. The van der Waals surface area contributed by atoms with Gasteiger partial charge in [-0.3, -0.25) is 4.79 Å². The smallest absolute Gasteiger partial charge is 0.303 e. The van der Waals surface area contributed by atoms with Crippen LogP contribution in [0.1, 0.15) is 24.0 Å². The molecule has 0 aliphatic carbocycles. The summed E-state index contributed by atoms with van der Waals surface area (Å²) in [5.41, 5.74) is 2.08. The minimum atomic E-state index is -0.763. The van der Waals surface area contributed by atoms with E-state index in [9.17, 15) is 9.18 Å². The van der Waals surface area contributed by atoms with E-state index in [0.29, 0.717) is 13.0 Å². The maximum absolute atomic E-state index is 12.8. The molecule has 0 unspecified atom stereocenters. The first-order valence-corrected chi connectivity index (χ1v) is 5.77. The van der Waals surface area contributed by atoms with Crippen molar-refractivity contribution in [2.24, 2.45) is 0 Å². The molecule has 94 valence electrons. The van der Waals surface area contributed by atoms with Gasteiger partial charge in [0.15, 0.2) is 0 Å². The van der Waals surface area contributed by atoms with Gasteiger partial charge < -0.3 is 10.4 Å². The van der Waals surface area contributed by atoms with Crippen LogP contribution in [0.15, 0.2) is 18.2 Å². The van der Waals surface area contributed by atoms with E-state index in [-0.39, 0.29) is 12.2 Å². The van der Waals surface area contributed by atoms with Crippen molar-refractivity contribution in [1.29, 1.82) is 0 Å². The molecule has 0 fully saturated rings. The van der Waals surface area contributed by atoms with E-state index in [1.165, 1.54) is 12.1 Å². The molecule has 0 aliphatic rings. The number of aliphatic carboxylic acids is 1. The number of hydrogen-bond acceptors (Lipinski definition) is 2. The second-order valence-electron chi connectivity index (χ2n) is 4.07. The summed E-state index contributed by atoms with van der Waals surface area (Å²) in [4.78, 5) is 10.3. The monoisotopic (exact) mass is 239 g/mol. The number of halogens is 1. The molecule has 3 nitrogen and oxygen atoms in total. The maximum Gasteiger partial charge on any atom is 0.303 e. The number of aryl methyl sites for hydroxylation is 1. The largest absolute Gasteiger partial charge is 0.481 e. The Morgan fingerprint density at radius 3 is 2.82 bits per heavy atom. The van der Waals surface area contributed by atoms with Crippen molar-refractivity contribution in [3.63, 3.8) is 0 Å². The van der Waals surface area contributed by atoms with Crippen molar-refractivity contribution >= 4 is 5.97 Å². The van der Waals surface area contributed by atoms with Gasteiger partial charge in [0.25, 0.3) is 0 Å². The van der Waals surface area contributed by atoms with E-state index in [4.69, 9.17) is 5.11 Å². The lowest BCUT2D eigenvalue weighted by Gasteiger charge is -2.07. The van der Waals surface area contributed by atoms with E-state index in [2.05, 4.69) is 5.32 Å². The molecule has 0 atom stereocenters. The minimum absolute atomic E-state index is 0.197. The summed E-state index contributed by atoms with van der Waals surface area (Å²) in [6, 6.07) is 4.79. The molecule has 0 bridgehead atoms. The molecule has 2 N–H and O–H groups in total. The van der Waals surface area contributed by atoms with Gasteiger partial charge in [-0.1, -0.05) is 6.07 Å². The zero-order chi connectivity index (χ0) is 12.7. The minimum Gasteiger partial charge on any atom is -0.481 e. The molecule has 0 radical (unpaired) electrons. The zero-order valence-corrected chi connectivity index (χ0v) is 10.0. The number of hydrogen-bond donors (Lipinski definition) is 2. The fourth-order valence-corrected chi connectivity index (χ4v) is 1.65. The Kier molecular flexibility index (Phi) is 5.63. The molecule has 1 aromatic carbocycles. The van der Waals surface area contributed by atoms with E-state index in [0.717, 1.165) is 24.1 Å². The number of benzene rings is 1. The highest BCUT2D eigenvalue weighted by Gasteiger charge is 2.00. The van der Waals surface area contributed by atoms with E-state index in [1.807, 2.05) is 6.92 Å². The lowest BCUT2D eigenvalue weighted by molar-refractivity contribution is -0.137. The van der Waals surface area contributed by atoms with Gasteiger partial charge in [-0.15, -0.1) is 0 Å². The van der Waals surface area contributed by atoms with Gasteiger partial charge in [-0.05, 0) is 56.1 Å². The Hall–Kier alpha value is -1.42. The molecule has 0 heterocycles. The van der Waals surface area contributed by atoms with Crippen LogP contribution in [0.3, 0.4) is 0 Å². The van der Waals surface area contributed by atoms with Gasteiger partial charge in [0.2, 0.25) is 0 Å². The Bertz CT molecular complexity index is 380. The fourth-order valence-electron chi connectivity index (χ4n) is 1.65. The molecule has 0 aromatic heterocycles. The van der Waals surface area contributed by atoms with Crippen LogP contribution in [0.5, 0.6) is 0 Å². The van der Waals surface area contributed by atoms with Gasteiger partial charge in [-0.2, -0.15) is 0 Å². The van der Waals surface area contributed by atoms with Gasteiger partial charge in [0.1, 0.15) is 5.82 Å². The van der Waals surface area contributed by atoms with E-state index < -0.39 is 5.97 Å². The predicted molar refractivity (Wildman–Crippen MR) is 64.6 cm³/mol. The quantitative estimate of drug-likeness (QED) is 0.717. The van der Waals surface area contributed by atoms with Crippen LogP contribution in [-0.2, 0) is 11.2 Å². The summed E-state index contributed by atoms with van der Waals surface area (Å²) in [6.07, 6.45) is 1.67. The average molecular weight is 239 g/mol. The first kappa shape index (κ1) is 13.6. The lowest BCUT2D eigenvalue weighted by atomic mass is 10.1. The van der Waals surface area contributed by atoms with Crippen LogP contribution < -0.4 is 5.32 Å². The molecule has 0 spiro atoms. The van der Waals surface area contributed by atoms with Crippen LogP contribution in [0.2, 0.25) is 0 Å². The SMILES string of the molecule is Cc1cc(F)ccc1CCNCCCC(=O)O. The topological polar surface area (TPSA) is 49.3 Å². The third kappa shape index (κ3) is 5.45. The standard InChI is InChI=1S/C13H18FNO2/c1-10-9-12(14)5-4-11(10)6-8-15-7-2-3-13(16)17/h4-5,9,15H,2-3,6-8H2,1H3,(H,16,17). The summed E-state index contributed by atoms with van der Waals surface area (Å²) in [5, 5.41) is 11.6. The summed E-state index contributed by atoms with van der Waals surface area (Å²) in [6.45, 7) is 3.38. The lowest BCUT2D eigenvalue weighted by Crippen LogP contribution is -2.19. The highest BCUT2D eigenvalue weighted by Crippen LogP contribution is 2.10. The van der Waals surface area contributed by atoms with Crippen molar-refractivity contribution in [2.45, 2.75) is 26.2 Å². The van der Waals surface area contributed by atoms with Crippen LogP contribution in [0.25, 0.3) is 0 Å². The first-order valence-electron chi connectivity index (χ1n) is 5.77. The van der Waals surface area contributed by atoms with Crippen molar-refractivity contribution in [2.75, 3.05) is 13.1 Å². The second-order valence-corrected chi connectivity index (χ2v) is 4.07. The molecule has 0 saturated carbocycles. The number of carbonyl (C=O) groups is 1. The first-order chi connectivity index (χ1) is 8.09. The van der Waals surface area contributed by atoms with Crippen LogP contribution >= 0.6 is 0 Å². The molecular weight excluding hydrogens is 221 g/mol. The highest BCUT2D eigenvalue weighted by molar-refractivity contribution is 5.66. The Morgan fingerprint density at radius 2 is 2.18 bits per heavy atom. The second kappa shape index (κ2) is 7.01. The van der Waals surface area contributed by atoms with Crippen LogP contribution in [0.4, 0.5) is 4.39 Å². The van der Waals surface area contributed by atoms with Crippen LogP contribution in [0, 0.1) is 12.7 Å². The Morgan fingerprint density at radius 1 is 1.41 bits per heavy atom. The van der Waals surface area contributed by atoms with Crippen molar-refractivity contribution in [3.8, 4) is 0 Å². The molecule has 0 aliphatic heterocycles. The van der Waals surface area contributed by atoms with Gasteiger partial charge in [-0.25, -0.2) is 4.39 Å².